The zero-order valence-electron chi connectivity index (χ0n) is 12.4. The van der Waals surface area contributed by atoms with E-state index in [4.69, 9.17) is 4.74 Å². The van der Waals surface area contributed by atoms with Crippen LogP contribution in [0.3, 0.4) is 0 Å². The summed E-state index contributed by atoms with van der Waals surface area (Å²) < 4.78 is 5.42. The summed E-state index contributed by atoms with van der Waals surface area (Å²) in [5.41, 5.74) is 1.06. The number of nitrogens with zero attached hydrogens (tertiary/aromatic N) is 3. The first-order valence-electron chi connectivity index (χ1n) is 7.64. The molecule has 0 bridgehead atoms. The van der Waals surface area contributed by atoms with E-state index < -0.39 is 0 Å². The number of amides is 1. The first-order chi connectivity index (χ1) is 10.2. The van der Waals surface area contributed by atoms with E-state index in [-0.39, 0.29) is 5.91 Å². The van der Waals surface area contributed by atoms with Crippen LogP contribution < -0.4 is 5.32 Å². The van der Waals surface area contributed by atoms with Crippen molar-refractivity contribution in [1.82, 2.24) is 14.9 Å². The van der Waals surface area contributed by atoms with Crippen LogP contribution in [0.25, 0.3) is 0 Å². The van der Waals surface area contributed by atoms with Crippen molar-refractivity contribution >= 4 is 11.7 Å². The first-order valence-corrected chi connectivity index (χ1v) is 7.64. The average molecular weight is 290 g/mol. The number of piperidine rings is 1. The van der Waals surface area contributed by atoms with Gasteiger partial charge in [-0.2, -0.15) is 0 Å². The molecular formula is C15H22N4O2. The molecular weight excluding hydrogens is 268 g/mol. The molecule has 0 aliphatic carbocycles. The van der Waals surface area contributed by atoms with Gasteiger partial charge in [0.15, 0.2) is 0 Å². The lowest BCUT2D eigenvalue weighted by Gasteiger charge is -2.32. The Hall–Kier alpha value is -1.69. The maximum atomic E-state index is 11.3. The van der Waals surface area contributed by atoms with Crippen LogP contribution in [-0.2, 0) is 9.53 Å². The maximum absolute atomic E-state index is 11.3. The molecule has 1 atom stereocenters. The Bertz CT molecular complexity index is 494. The Labute approximate surface area is 124 Å². The fourth-order valence-corrected chi connectivity index (χ4v) is 2.99. The quantitative estimate of drug-likeness (QED) is 0.911. The van der Waals surface area contributed by atoms with Gasteiger partial charge in [0, 0.05) is 44.6 Å². The highest BCUT2D eigenvalue weighted by molar-refractivity contribution is 5.73. The number of nitrogens with one attached hydrogen (secondary N) is 1. The number of hydrogen-bond donors (Lipinski definition) is 1. The van der Waals surface area contributed by atoms with E-state index in [1.165, 1.54) is 0 Å². The van der Waals surface area contributed by atoms with E-state index in [1.54, 1.807) is 13.3 Å². The second-order valence-corrected chi connectivity index (χ2v) is 5.81. The summed E-state index contributed by atoms with van der Waals surface area (Å²) in [4.78, 5) is 21.9. The van der Waals surface area contributed by atoms with Crippen molar-refractivity contribution in [3.8, 4) is 0 Å². The van der Waals surface area contributed by atoms with Crippen molar-refractivity contribution in [3.05, 3.63) is 18.1 Å². The van der Waals surface area contributed by atoms with Gasteiger partial charge in [-0.1, -0.05) is 0 Å². The molecule has 21 heavy (non-hydrogen) atoms. The van der Waals surface area contributed by atoms with Crippen molar-refractivity contribution in [1.29, 1.82) is 0 Å². The lowest BCUT2D eigenvalue weighted by molar-refractivity contribution is -0.129. The smallest absolute Gasteiger partial charge is 0.219 e. The minimum Gasteiger partial charge on any atom is -0.381 e. The van der Waals surface area contributed by atoms with Gasteiger partial charge in [0.05, 0.1) is 12.3 Å². The third-order valence-corrected chi connectivity index (χ3v) is 4.33. The highest BCUT2D eigenvalue weighted by Crippen LogP contribution is 2.25. The van der Waals surface area contributed by atoms with Gasteiger partial charge in [-0.25, -0.2) is 9.97 Å². The molecule has 1 aromatic rings. The highest BCUT2D eigenvalue weighted by Gasteiger charge is 2.22. The molecule has 0 spiro atoms. The number of likely N-dealkylation sites (tertiary alicyclic amines) is 1. The molecule has 2 aliphatic rings. The molecule has 1 N–H and O–H groups in total. The summed E-state index contributed by atoms with van der Waals surface area (Å²) in [5, 5.41) is 3.47. The van der Waals surface area contributed by atoms with Crippen LogP contribution in [0.4, 0.5) is 5.82 Å². The number of anilines is 1. The van der Waals surface area contributed by atoms with Crippen molar-refractivity contribution < 1.29 is 9.53 Å². The third-order valence-electron chi connectivity index (χ3n) is 4.33. The summed E-state index contributed by atoms with van der Waals surface area (Å²) in [6, 6.07) is 2.42. The second kappa shape index (κ2) is 6.39. The molecule has 2 fully saturated rings. The van der Waals surface area contributed by atoms with E-state index >= 15 is 0 Å². The summed E-state index contributed by atoms with van der Waals surface area (Å²) >= 11 is 0. The van der Waals surface area contributed by atoms with Gasteiger partial charge in [0.2, 0.25) is 5.91 Å². The number of carbonyl (C=O) groups is 1. The van der Waals surface area contributed by atoms with Gasteiger partial charge in [0.1, 0.15) is 12.1 Å². The van der Waals surface area contributed by atoms with Crippen LogP contribution in [0.2, 0.25) is 0 Å². The molecule has 6 heteroatoms. The predicted molar refractivity (Wildman–Crippen MR) is 79.1 cm³/mol. The number of ether oxygens (including phenoxy) is 1. The second-order valence-electron chi connectivity index (χ2n) is 5.81. The van der Waals surface area contributed by atoms with Crippen LogP contribution in [0.1, 0.15) is 37.8 Å². The van der Waals surface area contributed by atoms with Crippen molar-refractivity contribution in [3.63, 3.8) is 0 Å². The Morgan fingerprint density at radius 3 is 2.81 bits per heavy atom. The Kier molecular flexibility index (Phi) is 4.34. The Morgan fingerprint density at radius 1 is 1.33 bits per heavy atom. The van der Waals surface area contributed by atoms with Gasteiger partial charge < -0.3 is 15.0 Å². The first kappa shape index (κ1) is 14.3. The fourth-order valence-electron chi connectivity index (χ4n) is 2.99. The minimum atomic E-state index is 0.166. The van der Waals surface area contributed by atoms with Crippen LogP contribution in [0, 0.1) is 0 Å². The number of aromatic nitrogens is 2. The molecule has 2 saturated heterocycles. The fraction of sp³-hybridized carbons (Fsp3) is 0.667. The maximum Gasteiger partial charge on any atom is 0.219 e. The lowest BCUT2D eigenvalue weighted by Crippen LogP contribution is -2.41. The predicted octanol–water partition coefficient (Wildman–Crippen LogP) is 1.40. The average Bonchev–Trinajstić information content (AvgIpc) is 3.02. The molecule has 1 aromatic heterocycles. The largest absolute Gasteiger partial charge is 0.381 e. The van der Waals surface area contributed by atoms with Crippen LogP contribution in [0.5, 0.6) is 0 Å². The standard InChI is InChI=1S/C15H22N4O2/c1-11(20)19-5-2-13(3-6-19)18-15-8-14(16-10-17-15)12-4-7-21-9-12/h8,10,12-13H,2-7,9H2,1H3,(H,16,17,18)/t12-/m1/s1. The summed E-state index contributed by atoms with van der Waals surface area (Å²) in [5.74, 6) is 1.44. The highest BCUT2D eigenvalue weighted by atomic mass is 16.5. The van der Waals surface area contributed by atoms with Crippen LogP contribution in [0.15, 0.2) is 12.4 Å². The minimum absolute atomic E-state index is 0.166. The molecule has 6 nitrogen and oxygen atoms in total. The van der Waals surface area contributed by atoms with Crippen molar-refractivity contribution in [2.75, 3.05) is 31.6 Å². The van der Waals surface area contributed by atoms with E-state index in [9.17, 15) is 4.79 Å². The van der Waals surface area contributed by atoms with Gasteiger partial charge in [-0.15, -0.1) is 0 Å². The number of hydrogen-bond acceptors (Lipinski definition) is 5. The SMILES string of the molecule is CC(=O)N1CCC(Nc2cc([C@@H]3CCOC3)ncn2)CC1. The van der Waals surface area contributed by atoms with E-state index in [2.05, 4.69) is 15.3 Å². The summed E-state index contributed by atoms with van der Waals surface area (Å²) in [6.45, 7) is 4.85. The molecule has 0 unspecified atom stereocenters. The zero-order valence-corrected chi connectivity index (χ0v) is 12.4. The van der Waals surface area contributed by atoms with Gasteiger partial charge >= 0.3 is 0 Å². The molecule has 3 rings (SSSR count). The molecule has 0 radical (unpaired) electrons. The zero-order chi connectivity index (χ0) is 14.7. The third kappa shape index (κ3) is 3.50. The monoisotopic (exact) mass is 290 g/mol. The Balaban J connectivity index is 1.58. The van der Waals surface area contributed by atoms with Gasteiger partial charge in [0.25, 0.3) is 0 Å². The van der Waals surface area contributed by atoms with Crippen LogP contribution in [-0.4, -0.2) is 53.1 Å². The summed E-state index contributed by atoms with van der Waals surface area (Å²) in [6.07, 6.45) is 4.59. The topological polar surface area (TPSA) is 67.4 Å². The van der Waals surface area contributed by atoms with E-state index in [1.807, 2.05) is 11.0 Å². The molecule has 0 saturated carbocycles. The van der Waals surface area contributed by atoms with E-state index in [0.29, 0.717) is 12.0 Å². The molecule has 3 heterocycles. The van der Waals surface area contributed by atoms with Crippen molar-refractivity contribution in [2.24, 2.45) is 0 Å². The summed E-state index contributed by atoms with van der Waals surface area (Å²) in [7, 11) is 0. The van der Waals surface area contributed by atoms with E-state index in [0.717, 1.165) is 57.1 Å². The molecule has 114 valence electrons. The molecule has 2 aliphatic heterocycles. The van der Waals surface area contributed by atoms with Crippen molar-refractivity contribution in [2.45, 2.75) is 38.1 Å². The van der Waals surface area contributed by atoms with Gasteiger partial charge in [-0.3, -0.25) is 4.79 Å². The van der Waals surface area contributed by atoms with Crippen LogP contribution >= 0.6 is 0 Å². The number of carbonyl (C=O) groups excluding carboxylic acids is 1. The Morgan fingerprint density at radius 2 is 2.14 bits per heavy atom. The molecule has 0 aromatic carbocycles. The molecule has 1 amide bonds. The van der Waals surface area contributed by atoms with Gasteiger partial charge in [-0.05, 0) is 19.3 Å². The normalized spacial score (nSPS) is 23.3. The number of rotatable bonds is 3. The lowest BCUT2D eigenvalue weighted by atomic mass is 10.0.